The SMILES string of the molecule is CN(C)c1cccc(NC2c3ccccc3CC2(C)C)c1. The van der Waals surface area contributed by atoms with Gasteiger partial charge in [-0.3, -0.25) is 0 Å². The zero-order valence-corrected chi connectivity index (χ0v) is 13.4. The van der Waals surface area contributed by atoms with Gasteiger partial charge in [0.05, 0.1) is 6.04 Å². The fraction of sp³-hybridized carbons (Fsp3) is 0.368. The molecule has 0 aromatic heterocycles. The number of nitrogens with one attached hydrogen (secondary N) is 1. The van der Waals surface area contributed by atoms with Crippen molar-refractivity contribution >= 4 is 11.4 Å². The molecular weight excluding hydrogens is 256 g/mol. The van der Waals surface area contributed by atoms with E-state index in [1.807, 2.05) is 0 Å². The monoisotopic (exact) mass is 280 g/mol. The van der Waals surface area contributed by atoms with Crippen molar-refractivity contribution in [2.45, 2.75) is 26.3 Å². The van der Waals surface area contributed by atoms with Crippen molar-refractivity contribution in [2.24, 2.45) is 5.41 Å². The van der Waals surface area contributed by atoms with E-state index >= 15 is 0 Å². The summed E-state index contributed by atoms with van der Waals surface area (Å²) < 4.78 is 0. The van der Waals surface area contributed by atoms with Gasteiger partial charge >= 0.3 is 0 Å². The lowest BCUT2D eigenvalue weighted by molar-refractivity contribution is 0.337. The molecule has 1 unspecified atom stereocenters. The standard InChI is InChI=1S/C19H24N2/c1-19(2)13-14-8-5-6-11-17(14)18(19)20-15-9-7-10-16(12-15)21(3)4/h5-12,18,20H,13H2,1-4H3. The van der Waals surface area contributed by atoms with Gasteiger partial charge in [0, 0.05) is 25.5 Å². The van der Waals surface area contributed by atoms with Gasteiger partial charge in [-0.15, -0.1) is 0 Å². The van der Waals surface area contributed by atoms with Crippen LogP contribution in [0.5, 0.6) is 0 Å². The molecule has 0 saturated carbocycles. The Morgan fingerprint density at radius 3 is 2.57 bits per heavy atom. The van der Waals surface area contributed by atoms with Crippen LogP contribution in [0.2, 0.25) is 0 Å². The quantitative estimate of drug-likeness (QED) is 0.891. The fourth-order valence-electron chi connectivity index (χ4n) is 3.30. The van der Waals surface area contributed by atoms with Crippen molar-refractivity contribution in [3.05, 3.63) is 59.7 Å². The van der Waals surface area contributed by atoms with E-state index in [0.717, 1.165) is 6.42 Å². The molecule has 0 amide bonds. The maximum Gasteiger partial charge on any atom is 0.0570 e. The summed E-state index contributed by atoms with van der Waals surface area (Å²) in [7, 11) is 4.15. The normalized spacial score (nSPS) is 19.1. The van der Waals surface area contributed by atoms with Crippen molar-refractivity contribution in [1.29, 1.82) is 0 Å². The summed E-state index contributed by atoms with van der Waals surface area (Å²) in [6.45, 7) is 4.70. The molecule has 0 fully saturated rings. The number of nitrogens with zero attached hydrogens (tertiary/aromatic N) is 1. The van der Waals surface area contributed by atoms with E-state index in [-0.39, 0.29) is 5.41 Å². The van der Waals surface area contributed by atoms with Crippen LogP contribution in [-0.2, 0) is 6.42 Å². The van der Waals surface area contributed by atoms with E-state index in [9.17, 15) is 0 Å². The molecule has 0 radical (unpaired) electrons. The van der Waals surface area contributed by atoms with E-state index in [0.29, 0.717) is 6.04 Å². The Morgan fingerprint density at radius 1 is 1.05 bits per heavy atom. The molecule has 0 spiro atoms. The number of benzene rings is 2. The van der Waals surface area contributed by atoms with E-state index in [1.54, 1.807) is 0 Å². The van der Waals surface area contributed by atoms with Gasteiger partial charge in [0.25, 0.3) is 0 Å². The van der Waals surface area contributed by atoms with Gasteiger partial charge in [-0.25, -0.2) is 0 Å². The highest BCUT2D eigenvalue weighted by Crippen LogP contribution is 2.46. The molecule has 110 valence electrons. The summed E-state index contributed by atoms with van der Waals surface area (Å²) in [5.41, 5.74) is 5.57. The van der Waals surface area contributed by atoms with Gasteiger partial charge in [-0.05, 0) is 41.2 Å². The zero-order chi connectivity index (χ0) is 15.0. The van der Waals surface area contributed by atoms with Crippen LogP contribution in [0.1, 0.15) is 31.0 Å². The second-order valence-electron chi connectivity index (χ2n) is 6.89. The predicted octanol–water partition coefficient (Wildman–Crippen LogP) is 4.49. The maximum atomic E-state index is 3.76. The number of rotatable bonds is 3. The van der Waals surface area contributed by atoms with Crippen LogP contribution >= 0.6 is 0 Å². The third-order valence-corrected chi connectivity index (χ3v) is 4.47. The van der Waals surface area contributed by atoms with Crippen LogP contribution < -0.4 is 10.2 Å². The Labute approximate surface area is 127 Å². The van der Waals surface area contributed by atoms with Crippen LogP contribution in [0.25, 0.3) is 0 Å². The molecule has 2 heteroatoms. The minimum atomic E-state index is 0.234. The summed E-state index contributed by atoms with van der Waals surface area (Å²) in [6, 6.07) is 17.8. The molecule has 0 aliphatic heterocycles. The van der Waals surface area contributed by atoms with Gasteiger partial charge < -0.3 is 10.2 Å². The maximum absolute atomic E-state index is 3.76. The van der Waals surface area contributed by atoms with Gasteiger partial charge in [-0.1, -0.05) is 44.2 Å². The molecule has 1 N–H and O–H groups in total. The van der Waals surface area contributed by atoms with Crippen molar-refractivity contribution in [3.63, 3.8) is 0 Å². The first-order valence-electron chi connectivity index (χ1n) is 7.59. The molecule has 1 aliphatic carbocycles. The highest BCUT2D eigenvalue weighted by molar-refractivity contribution is 5.59. The van der Waals surface area contributed by atoms with Crippen LogP contribution in [0.15, 0.2) is 48.5 Å². The average Bonchev–Trinajstić information content (AvgIpc) is 2.70. The highest BCUT2D eigenvalue weighted by atomic mass is 15.1. The molecule has 1 aliphatic rings. The van der Waals surface area contributed by atoms with E-state index < -0.39 is 0 Å². The minimum Gasteiger partial charge on any atom is -0.378 e. The summed E-state index contributed by atoms with van der Waals surface area (Å²) in [5.74, 6) is 0. The molecule has 0 heterocycles. The van der Waals surface area contributed by atoms with Crippen LogP contribution in [0.3, 0.4) is 0 Å². The molecule has 2 nitrogen and oxygen atoms in total. The second-order valence-corrected chi connectivity index (χ2v) is 6.89. The number of hydrogen-bond donors (Lipinski definition) is 1. The third kappa shape index (κ3) is 2.63. The van der Waals surface area contributed by atoms with Crippen molar-refractivity contribution < 1.29 is 0 Å². The summed E-state index contributed by atoms with van der Waals surface area (Å²) in [5, 5.41) is 3.76. The Hall–Kier alpha value is -1.96. The Bertz CT molecular complexity index is 644. The van der Waals surface area contributed by atoms with E-state index in [2.05, 4.69) is 86.7 Å². The minimum absolute atomic E-state index is 0.234. The number of anilines is 2. The van der Waals surface area contributed by atoms with Gasteiger partial charge in [0.2, 0.25) is 0 Å². The topological polar surface area (TPSA) is 15.3 Å². The lowest BCUT2D eigenvalue weighted by atomic mass is 9.85. The van der Waals surface area contributed by atoms with Gasteiger partial charge in [0.15, 0.2) is 0 Å². The van der Waals surface area contributed by atoms with E-state index in [4.69, 9.17) is 0 Å². The largest absolute Gasteiger partial charge is 0.378 e. The molecule has 21 heavy (non-hydrogen) atoms. The smallest absolute Gasteiger partial charge is 0.0570 e. The number of fused-ring (bicyclic) bond motifs is 1. The molecule has 2 aromatic carbocycles. The predicted molar refractivity (Wildman–Crippen MR) is 91.1 cm³/mol. The summed E-state index contributed by atoms with van der Waals surface area (Å²) in [6.07, 6.45) is 1.13. The van der Waals surface area contributed by atoms with Crippen molar-refractivity contribution in [1.82, 2.24) is 0 Å². The van der Waals surface area contributed by atoms with Crippen molar-refractivity contribution in [3.8, 4) is 0 Å². The molecule has 3 rings (SSSR count). The number of hydrogen-bond acceptors (Lipinski definition) is 2. The van der Waals surface area contributed by atoms with Crippen LogP contribution in [0, 0.1) is 5.41 Å². The molecule has 0 bridgehead atoms. The first-order chi connectivity index (χ1) is 9.97. The lowest BCUT2D eigenvalue weighted by Gasteiger charge is -2.30. The summed E-state index contributed by atoms with van der Waals surface area (Å²) >= 11 is 0. The fourth-order valence-corrected chi connectivity index (χ4v) is 3.30. The summed E-state index contributed by atoms with van der Waals surface area (Å²) in [4.78, 5) is 2.14. The first-order valence-corrected chi connectivity index (χ1v) is 7.59. The van der Waals surface area contributed by atoms with Crippen LogP contribution in [0.4, 0.5) is 11.4 Å². The molecule has 1 atom stereocenters. The Kier molecular flexibility index (Phi) is 3.40. The molecule has 2 aromatic rings. The third-order valence-electron chi connectivity index (χ3n) is 4.47. The van der Waals surface area contributed by atoms with Crippen molar-refractivity contribution in [2.75, 3.05) is 24.3 Å². The van der Waals surface area contributed by atoms with Crippen LogP contribution in [-0.4, -0.2) is 14.1 Å². The van der Waals surface area contributed by atoms with Gasteiger partial charge in [0.1, 0.15) is 0 Å². The lowest BCUT2D eigenvalue weighted by Crippen LogP contribution is -2.24. The van der Waals surface area contributed by atoms with Gasteiger partial charge in [-0.2, -0.15) is 0 Å². The second kappa shape index (κ2) is 5.10. The van der Waals surface area contributed by atoms with E-state index in [1.165, 1.54) is 22.5 Å². The Morgan fingerprint density at radius 2 is 1.81 bits per heavy atom. The average molecular weight is 280 g/mol. The molecule has 0 saturated heterocycles. The Balaban J connectivity index is 1.92. The zero-order valence-electron chi connectivity index (χ0n) is 13.4. The highest BCUT2D eigenvalue weighted by Gasteiger charge is 2.38. The first kappa shape index (κ1) is 14.0. The molecular formula is C19H24N2.